The molecule has 18 heavy (non-hydrogen) atoms. The first-order valence-electron chi connectivity index (χ1n) is 5.18. The number of ether oxygens (including phenoxy) is 4. The van der Waals surface area contributed by atoms with E-state index in [9.17, 15) is 4.79 Å². The minimum absolute atomic E-state index is 0.156. The van der Waals surface area contributed by atoms with Crippen molar-refractivity contribution < 1.29 is 23.7 Å². The van der Waals surface area contributed by atoms with Gasteiger partial charge in [-0.1, -0.05) is 15.9 Å². The van der Waals surface area contributed by atoms with Crippen molar-refractivity contribution in [1.29, 1.82) is 0 Å². The van der Waals surface area contributed by atoms with Crippen LogP contribution in [0.5, 0.6) is 17.2 Å². The highest BCUT2D eigenvalue weighted by Crippen LogP contribution is 2.27. The van der Waals surface area contributed by atoms with Crippen molar-refractivity contribution in [2.24, 2.45) is 0 Å². The number of rotatable bonds is 6. The van der Waals surface area contributed by atoms with Gasteiger partial charge in [-0.3, -0.25) is 4.79 Å². The highest BCUT2D eigenvalue weighted by Gasteiger charge is 2.16. The van der Waals surface area contributed by atoms with Crippen LogP contribution < -0.4 is 14.2 Å². The van der Waals surface area contributed by atoms with Crippen molar-refractivity contribution in [2.45, 2.75) is 4.83 Å². The monoisotopic (exact) mass is 318 g/mol. The fourth-order valence-electron chi connectivity index (χ4n) is 1.23. The Balaban J connectivity index is 2.69. The molecule has 1 aromatic rings. The number of halogens is 1. The number of carbonyl (C=O) groups excluding carboxylic acids is 1. The third-order valence-electron chi connectivity index (χ3n) is 2.18. The van der Waals surface area contributed by atoms with Crippen LogP contribution in [0.25, 0.3) is 0 Å². The molecule has 1 aromatic carbocycles. The van der Waals surface area contributed by atoms with Crippen LogP contribution >= 0.6 is 15.9 Å². The number of carbonyl (C=O) groups is 1. The molecule has 0 aliphatic carbocycles. The Morgan fingerprint density at radius 3 is 2.06 bits per heavy atom. The second kappa shape index (κ2) is 7.10. The summed E-state index contributed by atoms with van der Waals surface area (Å²) in [6.07, 6.45) is 0. The molecule has 0 amide bonds. The van der Waals surface area contributed by atoms with Gasteiger partial charge in [-0.05, 0) is 0 Å². The quantitative estimate of drug-likeness (QED) is 0.593. The lowest BCUT2D eigenvalue weighted by Gasteiger charge is -2.12. The number of hydrogen-bond acceptors (Lipinski definition) is 5. The van der Waals surface area contributed by atoms with Crippen LogP contribution in [0.15, 0.2) is 18.2 Å². The number of benzene rings is 1. The lowest BCUT2D eigenvalue weighted by atomic mass is 10.3. The molecule has 0 heterocycles. The Bertz CT molecular complexity index is 385. The maximum atomic E-state index is 11.2. The first-order chi connectivity index (χ1) is 8.60. The Labute approximate surface area is 114 Å². The molecule has 1 unspecified atom stereocenters. The van der Waals surface area contributed by atoms with Gasteiger partial charge in [0.05, 0.1) is 21.3 Å². The van der Waals surface area contributed by atoms with Gasteiger partial charge in [0.25, 0.3) is 0 Å². The maximum absolute atomic E-state index is 11.2. The second-order valence-electron chi connectivity index (χ2n) is 3.35. The van der Waals surface area contributed by atoms with E-state index >= 15 is 0 Å². The van der Waals surface area contributed by atoms with Crippen molar-refractivity contribution in [3.8, 4) is 17.2 Å². The van der Waals surface area contributed by atoms with Crippen LogP contribution in [0, 0.1) is 0 Å². The summed E-state index contributed by atoms with van der Waals surface area (Å²) < 4.78 is 20.3. The van der Waals surface area contributed by atoms with E-state index in [1.54, 1.807) is 32.4 Å². The second-order valence-corrected chi connectivity index (χ2v) is 4.46. The Morgan fingerprint density at radius 1 is 1.11 bits per heavy atom. The first-order valence-corrected chi connectivity index (χ1v) is 6.10. The largest absolute Gasteiger partial charge is 0.496 e. The lowest BCUT2D eigenvalue weighted by Crippen LogP contribution is -2.22. The fourth-order valence-corrected chi connectivity index (χ4v) is 1.55. The molecule has 0 spiro atoms. The predicted octanol–water partition coefficient (Wildman–Crippen LogP) is 2.02. The van der Waals surface area contributed by atoms with Crippen molar-refractivity contribution in [3.05, 3.63) is 18.2 Å². The molecule has 0 aromatic heterocycles. The topological polar surface area (TPSA) is 54.0 Å². The molecular formula is C12H15BrO5. The minimum atomic E-state index is -0.514. The normalized spacial score (nSPS) is 11.6. The van der Waals surface area contributed by atoms with E-state index in [-0.39, 0.29) is 12.6 Å². The van der Waals surface area contributed by atoms with Gasteiger partial charge in [0, 0.05) is 18.2 Å². The van der Waals surface area contributed by atoms with Gasteiger partial charge < -0.3 is 18.9 Å². The molecule has 100 valence electrons. The summed E-state index contributed by atoms with van der Waals surface area (Å²) in [4.78, 5) is 10.7. The third kappa shape index (κ3) is 4.10. The van der Waals surface area contributed by atoms with Crippen molar-refractivity contribution in [1.82, 2.24) is 0 Å². The zero-order valence-electron chi connectivity index (χ0n) is 10.4. The summed E-state index contributed by atoms with van der Waals surface area (Å²) in [5, 5.41) is 0. The van der Waals surface area contributed by atoms with Crippen LogP contribution in [0.1, 0.15) is 0 Å². The minimum Gasteiger partial charge on any atom is -0.496 e. The number of methoxy groups -OCH3 is 3. The van der Waals surface area contributed by atoms with E-state index in [0.29, 0.717) is 17.2 Å². The Kier molecular flexibility index (Phi) is 5.77. The van der Waals surface area contributed by atoms with Crippen LogP contribution in [0.4, 0.5) is 0 Å². The van der Waals surface area contributed by atoms with Gasteiger partial charge in [0.15, 0.2) is 0 Å². The highest BCUT2D eigenvalue weighted by molar-refractivity contribution is 9.10. The van der Waals surface area contributed by atoms with E-state index < -0.39 is 4.83 Å². The Hall–Kier alpha value is -1.43. The van der Waals surface area contributed by atoms with Crippen molar-refractivity contribution in [3.63, 3.8) is 0 Å². The summed E-state index contributed by atoms with van der Waals surface area (Å²) in [5.74, 6) is 1.41. The van der Waals surface area contributed by atoms with Gasteiger partial charge in [0.2, 0.25) is 0 Å². The van der Waals surface area contributed by atoms with Gasteiger partial charge in [0.1, 0.15) is 28.7 Å². The molecule has 0 N–H and O–H groups in total. The molecule has 0 saturated carbocycles. The van der Waals surface area contributed by atoms with E-state index in [0.717, 1.165) is 0 Å². The average Bonchev–Trinajstić information content (AvgIpc) is 2.43. The zero-order valence-corrected chi connectivity index (χ0v) is 12.0. The molecule has 0 aliphatic heterocycles. The summed E-state index contributed by atoms with van der Waals surface area (Å²) in [6.45, 7) is 0.156. The molecular weight excluding hydrogens is 304 g/mol. The summed E-state index contributed by atoms with van der Waals surface area (Å²) in [7, 11) is 4.44. The molecule has 5 nitrogen and oxygen atoms in total. The maximum Gasteiger partial charge on any atom is 0.322 e. The molecule has 0 aliphatic rings. The summed E-state index contributed by atoms with van der Waals surface area (Å²) >= 11 is 3.17. The Morgan fingerprint density at radius 2 is 1.61 bits per heavy atom. The fraction of sp³-hybridized carbons (Fsp3) is 0.417. The molecule has 0 saturated heterocycles. The van der Waals surface area contributed by atoms with Gasteiger partial charge in [-0.2, -0.15) is 0 Å². The van der Waals surface area contributed by atoms with Crippen molar-refractivity contribution >= 4 is 21.9 Å². The molecule has 1 rings (SSSR count). The van der Waals surface area contributed by atoms with E-state index in [4.69, 9.17) is 14.2 Å². The summed E-state index contributed by atoms with van der Waals surface area (Å²) in [6, 6.07) is 5.15. The lowest BCUT2D eigenvalue weighted by molar-refractivity contribution is -0.140. The van der Waals surface area contributed by atoms with Gasteiger partial charge in [-0.15, -0.1) is 0 Å². The van der Waals surface area contributed by atoms with E-state index in [1.807, 2.05) is 0 Å². The zero-order chi connectivity index (χ0) is 13.5. The standard InChI is InChI=1S/C12H15BrO5/c1-15-8-4-9(16-2)6-10(5-8)18-7-11(13)12(14)17-3/h4-6,11H,7H2,1-3H3. The molecule has 6 heteroatoms. The summed E-state index contributed by atoms with van der Waals surface area (Å²) in [5.41, 5.74) is 0. The SMILES string of the molecule is COC(=O)C(Br)COc1cc(OC)cc(OC)c1. The average molecular weight is 319 g/mol. The molecule has 0 bridgehead atoms. The first kappa shape index (κ1) is 14.6. The third-order valence-corrected chi connectivity index (χ3v) is 2.82. The van der Waals surface area contributed by atoms with Crippen LogP contribution in [0.3, 0.4) is 0 Å². The molecule has 0 fully saturated rings. The molecule has 0 radical (unpaired) electrons. The number of hydrogen-bond donors (Lipinski definition) is 0. The van der Waals surface area contributed by atoms with Crippen LogP contribution in [-0.4, -0.2) is 38.7 Å². The highest BCUT2D eigenvalue weighted by atomic mass is 79.9. The van der Waals surface area contributed by atoms with E-state index in [2.05, 4.69) is 20.7 Å². The predicted molar refractivity (Wildman–Crippen MR) is 69.8 cm³/mol. The van der Waals surface area contributed by atoms with E-state index in [1.165, 1.54) is 7.11 Å². The van der Waals surface area contributed by atoms with Crippen molar-refractivity contribution in [2.75, 3.05) is 27.9 Å². The molecule has 1 atom stereocenters. The van der Waals surface area contributed by atoms with Gasteiger partial charge in [-0.25, -0.2) is 0 Å². The van der Waals surface area contributed by atoms with Gasteiger partial charge >= 0.3 is 5.97 Å². The van der Waals surface area contributed by atoms with Crippen LogP contribution in [0.2, 0.25) is 0 Å². The smallest absolute Gasteiger partial charge is 0.322 e. The number of esters is 1. The van der Waals surface area contributed by atoms with Crippen LogP contribution in [-0.2, 0) is 9.53 Å². The number of alkyl halides is 1.